The zero-order valence-corrected chi connectivity index (χ0v) is 11.5. The van der Waals surface area contributed by atoms with Gasteiger partial charge in [-0.05, 0) is 30.5 Å². The maximum atomic E-state index is 9.26. The number of phenolic OH excluding ortho intramolecular Hbond substituents is 1. The maximum absolute atomic E-state index is 9.26. The van der Waals surface area contributed by atoms with Crippen molar-refractivity contribution in [1.82, 2.24) is 4.90 Å². The van der Waals surface area contributed by atoms with Crippen LogP contribution < -0.4 is 0 Å². The molecular weight excluding hydrogens is 234 g/mol. The van der Waals surface area contributed by atoms with Crippen LogP contribution in [0.1, 0.15) is 32.3 Å². The first kappa shape index (κ1) is 14.3. The van der Waals surface area contributed by atoms with E-state index in [0.29, 0.717) is 17.7 Å². The van der Waals surface area contributed by atoms with Crippen LogP contribution in [0.4, 0.5) is 0 Å². The Hall–Kier alpha value is -0.730. The SMILES string of the molecule is CCC(CC)N(CCCl)Cc1ccc(O)cc1. The minimum atomic E-state index is 0.320. The summed E-state index contributed by atoms with van der Waals surface area (Å²) in [5, 5.41) is 9.26. The van der Waals surface area contributed by atoms with Crippen LogP contribution in [0.3, 0.4) is 0 Å². The molecule has 0 spiro atoms. The minimum Gasteiger partial charge on any atom is -0.508 e. The molecule has 0 aliphatic carbocycles. The molecule has 1 rings (SSSR count). The fourth-order valence-corrected chi connectivity index (χ4v) is 2.36. The third-order valence-electron chi connectivity index (χ3n) is 3.15. The molecule has 0 aromatic heterocycles. The molecule has 0 aliphatic rings. The van der Waals surface area contributed by atoms with Crippen molar-refractivity contribution in [2.24, 2.45) is 0 Å². The van der Waals surface area contributed by atoms with E-state index >= 15 is 0 Å². The van der Waals surface area contributed by atoms with Crippen LogP contribution in [0.15, 0.2) is 24.3 Å². The molecule has 0 saturated carbocycles. The second-order valence-electron chi connectivity index (χ2n) is 4.30. The van der Waals surface area contributed by atoms with Gasteiger partial charge in [0.25, 0.3) is 0 Å². The highest BCUT2D eigenvalue weighted by Crippen LogP contribution is 2.16. The summed E-state index contributed by atoms with van der Waals surface area (Å²) in [6.07, 6.45) is 2.29. The lowest BCUT2D eigenvalue weighted by atomic mass is 10.1. The molecule has 0 unspecified atom stereocenters. The summed E-state index contributed by atoms with van der Waals surface area (Å²) < 4.78 is 0. The molecule has 0 heterocycles. The Bertz CT molecular complexity index is 309. The molecule has 1 N–H and O–H groups in total. The first-order chi connectivity index (χ1) is 8.21. The fraction of sp³-hybridized carbons (Fsp3) is 0.571. The number of hydrogen-bond acceptors (Lipinski definition) is 2. The fourth-order valence-electron chi connectivity index (χ4n) is 2.14. The van der Waals surface area contributed by atoms with Gasteiger partial charge in [0.15, 0.2) is 0 Å². The number of rotatable bonds is 7. The van der Waals surface area contributed by atoms with Gasteiger partial charge in [-0.25, -0.2) is 0 Å². The summed E-state index contributed by atoms with van der Waals surface area (Å²) in [7, 11) is 0. The van der Waals surface area contributed by atoms with Crippen molar-refractivity contribution in [3.63, 3.8) is 0 Å². The van der Waals surface area contributed by atoms with Crippen molar-refractivity contribution in [3.05, 3.63) is 29.8 Å². The predicted octanol–water partition coefficient (Wildman–Crippen LogP) is 3.62. The Morgan fingerprint density at radius 1 is 1.18 bits per heavy atom. The quantitative estimate of drug-likeness (QED) is 0.753. The van der Waals surface area contributed by atoms with Crippen LogP contribution in [-0.4, -0.2) is 28.5 Å². The van der Waals surface area contributed by atoms with E-state index in [1.54, 1.807) is 12.1 Å². The molecule has 96 valence electrons. The number of benzene rings is 1. The lowest BCUT2D eigenvalue weighted by Crippen LogP contribution is -2.35. The molecule has 0 fully saturated rings. The molecule has 3 heteroatoms. The number of aromatic hydroxyl groups is 1. The number of halogens is 1. The molecule has 1 aromatic carbocycles. The second kappa shape index (κ2) is 7.57. The number of phenols is 1. The summed E-state index contributed by atoms with van der Waals surface area (Å²) in [6.45, 7) is 6.24. The molecule has 17 heavy (non-hydrogen) atoms. The normalized spacial score (nSPS) is 11.4. The predicted molar refractivity (Wildman–Crippen MR) is 73.6 cm³/mol. The maximum Gasteiger partial charge on any atom is 0.115 e. The van der Waals surface area contributed by atoms with Crippen LogP contribution in [0.25, 0.3) is 0 Å². The third-order valence-corrected chi connectivity index (χ3v) is 3.32. The van der Waals surface area contributed by atoms with Crippen molar-refractivity contribution in [2.75, 3.05) is 12.4 Å². The average molecular weight is 256 g/mol. The number of alkyl halides is 1. The first-order valence-corrected chi connectivity index (χ1v) is 6.82. The molecule has 0 aliphatic heterocycles. The van der Waals surface area contributed by atoms with Gasteiger partial charge in [-0.3, -0.25) is 4.90 Å². The third kappa shape index (κ3) is 4.57. The molecule has 2 nitrogen and oxygen atoms in total. The molecule has 1 aromatic rings. The van der Waals surface area contributed by atoms with Crippen molar-refractivity contribution >= 4 is 11.6 Å². The van der Waals surface area contributed by atoms with Crippen LogP contribution in [0.2, 0.25) is 0 Å². The van der Waals surface area contributed by atoms with Gasteiger partial charge in [-0.2, -0.15) is 0 Å². The highest BCUT2D eigenvalue weighted by molar-refractivity contribution is 6.18. The van der Waals surface area contributed by atoms with Crippen molar-refractivity contribution in [2.45, 2.75) is 39.3 Å². The summed E-state index contributed by atoms with van der Waals surface area (Å²) in [5.74, 6) is 0.981. The topological polar surface area (TPSA) is 23.5 Å². The van der Waals surface area contributed by atoms with Crippen LogP contribution in [0.5, 0.6) is 5.75 Å². The highest BCUT2D eigenvalue weighted by atomic mass is 35.5. The van der Waals surface area contributed by atoms with Gasteiger partial charge in [0, 0.05) is 25.0 Å². The molecule has 0 atom stereocenters. The van der Waals surface area contributed by atoms with Crippen LogP contribution in [-0.2, 0) is 6.54 Å². The van der Waals surface area contributed by atoms with Crippen LogP contribution >= 0.6 is 11.6 Å². The van der Waals surface area contributed by atoms with E-state index in [1.165, 1.54) is 5.56 Å². The zero-order valence-electron chi connectivity index (χ0n) is 10.7. The van der Waals surface area contributed by atoms with Gasteiger partial charge in [0.2, 0.25) is 0 Å². The molecular formula is C14H22ClNO. The number of nitrogens with zero attached hydrogens (tertiary/aromatic N) is 1. The average Bonchev–Trinajstić information content (AvgIpc) is 2.34. The van der Waals surface area contributed by atoms with Crippen LogP contribution in [0, 0.1) is 0 Å². The highest BCUT2D eigenvalue weighted by Gasteiger charge is 2.14. The molecule has 0 radical (unpaired) electrons. The Morgan fingerprint density at radius 3 is 2.24 bits per heavy atom. The van der Waals surface area contributed by atoms with Gasteiger partial charge in [-0.1, -0.05) is 26.0 Å². The van der Waals surface area contributed by atoms with E-state index in [0.717, 1.165) is 25.9 Å². The van der Waals surface area contributed by atoms with Gasteiger partial charge in [0.05, 0.1) is 0 Å². The lowest BCUT2D eigenvalue weighted by molar-refractivity contribution is 0.188. The van der Waals surface area contributed by atoms with E-state index < -0.39 is 0 Å². The summed E-state index contributed by atoms with van der Waals surface area (Å²) >= 11 is 5.86. The van der Waals surface area contributed by atoms with Crippen molar-refractivity contribution < 1.29 is 5.11 Å². The summed E-state index contributed by atoms with van der Waals surface area (Å²) in [4.78, 5) is 2.42. The first-order valence-electron chi connectivity index (χ1n) is 6.29. The molecule has 0 amide bonds. The van der Waals surface area contributed by atoms with Crippen molar-refractivity contribution in [1.29, 1.82) is 0 Å². The van der Waals surface area contributed by atoms with E-state index in [1.807, 2.05) is 12.1 Å². The van der Waals surface area contributed by atoms with Crippen molar-refractivity contribution in [3.8, 4) is 5.75 Å². The Balaban J connectivity index is 2.68. The van der Waals surface area contributed by atoms with E-state index in [-0.39, 0.29) is 0 Å². The lowest BCUT2D eigenvalue weighted by Gasteiger charge is -2.29. The van der Waals surface area contributed by atoms with Gasteiger partial charge >= 0.3 is 0 Å². The smallest absolute Gasteiger partial charge is 0.115 e. The van der Waals surface area contributed by atoms with E-state index in [9.17, 15) is 5.11 Å². The summed E-state index contributed by atoms with van der Waals surface area (Å²) in [6, 6.07) is 8.00. The molecule has 0 saturated heterocycles. The molecule has 0 bridgehead atoms. The Morgan fingerprint density at radius 2 is 1.76 bits per heavy atom. The van der Waals surface area contributed by atoms with E-state index in [4.69, 9.17) is 11.6 Å². The van der Waals surface area contributed by atoms with Gasteiger partial charge in [-0.15, -0.1) is 11.6 Å². The minimum absolute atomic E-state index is 0.320. The Kier molecular flexibility index (Phi) is 6.38. The second-order valence-corrected chi connectivity index (χ2v) is 4.67. The largest absolute Gasteiger partial charge is 0.508 e. The van der Waals surface area contributed by atoms with E-state index in [2.05, 4.69) is 18.7 Å². The van der Waals surface area contributed by atoms with Gasteiger partial charge < -0.3 is 5.11 Å². The Labute approximate surface area is 109 Å². The summed E-state index contributed by atoms with van der Waals surface area (Å²) in [5.41, 5.74) is 1.22. The zero-order chi connectivity index (χ0) is 12.7. The standard InChI is InChI=1S/C14H22ClNO/c1-3-13(4-2)16(10-9-15)11-12-5-7-14(17)8-6-12/h5-8,13,17H,3-4,9-11H2,1-2H3. The number of hydrogen-bond donors (Lipinski definition) is 1. The van der Waals surface area contributed by atoms with Gasteiger partial charge in [0.1, 0.15) is 5.75 Å². The monoisotopic (exact) mass is 255 g/mol.